The van der Waals surface area contributed by atoms with Crippen molar-refractivity contribution in [3.05, 3.63) is 134 Å². The quantitative estimate of drug-likeness (QED) is 0.0198. The van der Waals surface area contributed by atoms with Gasteiger partial charge in [-0.25, -0.2) is 0 Å². The van der Waals surface area contributed by atoms with Crippen molar-refractivity contribution in [2.75, 3.05) is 54.1 Å². The second-order valence-corrected chi connectivity index (χ2v) is 17.8. The maximum Gasteiger partial charge on any atom is 0.306 e. The number of unbranched alkanes of at least 4 members (excludes halogenated alkanes) is 6. The lowest BCUT2D eigenvalue weighted by Crippen LogP contribution is -2.37. The predicted octanol–water partition coefficient (Wildman–Crippen LogP) is 14.1. The number of hydrogen-bond donors (Lipinski definition) is 0. The minimum absolute atomic E-state index is 0.00340. The molecular formula is C54H88NO7P. The standard InChI is InChI=1S/C54H88NO7P/c1-6-8-10-12-14-16-18-20-22-24-26-27-28-30-32-34-36-38-40-42-44-46-49-59-51-53(52-61-63(57,58)60-50-48-55(3,4)5)62-54(56)47-45-43-41-39-37-35-33-31-29-25-23-21-19-17-15-13-11-9-7-2/h8-11,14-17,20-23,26-27,29-32,35-38,53H,6-7,12-13,18-19,24-25,28,33-34,39-52H2,1-5H3/b10-8-,11-9-,16-14-,17-15-,22-20-,23-21-,27-26-,31-29-,32-30-,37-35-,38-36-. The first-order chi connectivity index (χ1) is 30.6. The summed E-state index contributed by atoms with van der Waals surface area (Å²) in [7, 11) is 1.28. The van der Waals surface area contributed by atoms with Crippen molar-refractivity contribution in [3.8, 4) is 0 Å². The molecule has 0 aromatic rings. The molecule has 0 bridgehead atoms. The topological polar surface area (TPSA) is 94.1 Å². The van der Waals surface area contributed by atoms with Crippen LogP contribution in [0.5, 0.6) is 0 Å². The van der Waals surface area contributed by atoms with Gasteiger partial charge in [-0.15, -0.1) is 0 Å². The third kappa shape index (κ3) is 49.5. The zero-order chi connectivity index (χ0) is 46.2. The Morgan fingerprint density at radius 1 is 0.492 bits per heavy atom. The summed E-state index contributed by atoms with van der Waals surface area (Å²) in [5.41, 5.74) is 0. The summed E-state index contributed by atoms with van der Waals surface area (Å²) < 4.78 is 34.6. The summed E-state index contributed by atoms with van der Waals surface area (Å²) in [6.45, 7) is 5.00. The third-order valence-corrected chi connectivity index (χ3v) is 10.2. The maximum atomic E-state index is 12.7. The van der Waals surface area contributed by atoms with E-state index in [1.165, 1.54) is 0 Å². The molecule has 356 valence electrons. The van der Waals surface area contributed by atoms with Crippen LogP contribution >= 0.6 is 7.82 Å². The van der Waals surface area contributed by atoms with E-state index in [9.17, 15) is 14.3 Å². The maximum absolute atomic E-state index is 12.7. The van der Waals surface area contributed by atoms with Gasteiger partial charge in [0.1, 0.15) is 19.3 Å². The highest BCUT2D eigenvalue weighted by atomic mass is 31.2. The van der Waals surface area contributed by atoms with Crippen molar-refractivity contribution in [1.82, 2.24) is 0 Å². The Kier molecular flexibility index (Phi) is 42.8. The molecule has 2 atom stereocenters. The summed E-state index contributed by atoms with van der Waals surface area (Å²) >= 11 is 0. The lowest BCUT2D eigenvalue weighted by molar-refractivity contribution is -0.870. The van der Waals surface area contributed by atoms with Gasteiger partial charge >= 0.3 is 5.97 Å². The van der Waals surface area contributed by atoms with Gasteiger partial charge < -0.3 is 27.9 Å². The van der Waals surface area contributed by atoms with E-state index in [4.69, 9.17) is 18.5 Å². The second kappa shape index (κ2) is 45.2. The first-order valence-electron chi connectivity index (χ1n) is 23.9. The summed E-state index contributed by atoms with van der Waals surface area (Å²) in [5.74, 6) is -0.384. The van der Waals surface area contributed by atoms with Crippen LogP contribution < -0.4 is 4.89 Å². The molecule has 8 nitrogen and oxygen atoms in total. The van der Waals surface area contributed by atoms with E-state index in [1.54, 1.807) is 0 Å². The average molecular weight is 894 g/mol. The Morgan fingerprint density at radius 3 is 1.27 bits per heavy atom. The lowest BCUT2D eigenvalue weighted by Gasteiger charge is -2.28. The molecule has 0 spiro atoms. The summed E-state index contributed by atoms with van der Waals surface area (Å²) in [6, 6.07) is 0. The normalized spacial score (nSPS) is 14.8. The summed E-state index contributed by atoms with van der Waals surface area (Å²) in [5, 5.41) is 0. The molecule has 63 heavy (non-hydrogen) atoms. The van der Waals surface area contributed by atoms with Gasteiger partial charge in [0.15, 0.2) is 0 Å². The smallest absolute Gasteiger partial charge is 0.306 e. The summed E-state index contributed by atoms with van der Waals surface area (Å²) in [4.78, 5) is 25.1. The highest BCUT2D eigenvalue weighted by Gasteiger charge is 2.20. The molecule has 0 saturated carbocycles. The molecule has 0 radical (unpaired) electrons. The van der Waals surface area contributed by atoms with Gasteiger partial charge in [0.25, 0.3) is 7.82 Å². The molecule has 0 aliphatic heterocycles. The predicted molar refractivity (Wildman–Crippen MR) is 267 cm³/mol. The van der Waals surface area contributed by atoms with Gasteiger partial charge in [0.05, 0.1) is 34.4 Å². The van der Waals surface area contributed by atoms with E-state index in [1.807, 2.05) is 21.1 Å². The van der Waals surface area contributed by atoms with Crippen molar-refractivity contribution < 1.29 is 37.3 Å². The van der Waals surface area contributed by atoms with Gasteiger partial charge in [-0.05, 0) is 109 Å². The number of allylic oxidation sites excluding steroid dienone is 22. The molecule has 0 aliphatic carbocycles. The van der Waals surface area contributed by atoms with Crippen molar-refractivity contribution in [2.45, 2.75) is 148 Å². The molecular weight excluding hydrogens is 806 g/mol. The lowest BCUT2D eigenvalue weighted by atomic mass is 10.1. The molecule has 0 saturated heterocycles. The molecule has 0 heterocycles. The summed E-state index contributed by atoms with van der Waals surface area (Å²) in [6.07, 6.45) is 66.2. The van der Waals surface area contributed by atoms with Crippen LogP contribution in [0.2, 0.25) is 0 Å². The third-order valence-electron chi connectivity index (χ3n) is 9.20. The van der Waals surface area contributed by atoms with Crippen molar-refractivity contribution >= 4 is 13.8 Å². The fraction of sp³-hybridized carbons (Fsp3) is 0.574. The number of rotatable bonds is 42. The molecule has 0 fully saturated rings. The first-order valence-corrected chi connectivity index (χ1v) is 25.4. The van der Waals surface area contributed by atoms with Crippen LogP contribution in [0.25, 0.3) is 0 Å². The monoisotopic (exact) mass is 894 g/mol. The largest absolute Gasteiger partial charge is 0.756 e. The average Bonchev–Trinajstić information content (AvgIpc) is 3.24. The Morgan fingerprint density at radius 2 is 0.873 bits per heavy atom. The molecule has 0 rings (SSSR count). The van der Waals surface area contributed by atoms with Crippen LogP contribution in [0.4, 0.5) is 0 Å². The van der Waals surface area contributed by atoms with Crippen LogP contribution in [0, 0.1) is 0 Å². The van der Waals surface area contributed by atoms with Crippen molar-refractivity contribution in [2.24, 2.45) is 0 Å². The van der Waals surface area contributed by atoms with E-state index in [2.05, 4.69) is 148 Å². The Balaban J connectivity index is 4.38. The number of phosphoric acid groups is 1. The Labute approximate surface area is 385 Å². The van der Waals surface area contributed by atoms with Crippen LogP contribution in [0.15, 0.2) is 134 Å². The number of hydrogen-bond acceptors (Lipinski definition) is 7. The minimum Gasteiger partial charge on any atom is -0.756 e. The number of likely N-dealkylation sites (N-methyl/N-ethyl adjacent to an activating group) is 1. The Hall–Kier alpha value is -3.36. The van der Waals surface area contributed by atoms with Gasteiger partial charge in [0, 0.05) is 13.0 Å². The zero-order valence-corrected chi connectivity index (χ0v) is 41.1. The van der Waals surface area contributed by atoms with E-state index in [0.717, 1.165) is 116 Å². The minimum atomic E-state index is -4.56. The van der Waals surface area contributed by atoms with Crippen LogP contribution in [-0.2, 0) is 27.9 Å². The molecule has 0 N–H and O–H groups in total. The van der Waals surface area contributed by atoms with Crippen LogP contribution in [0.3, 0.4) is 0 Å². The SMILES string of the molecule is CC/C=C\C/C=C\C/C=C\C/C=C\C/C=C\C/C=C\CCCCCOCC(COP(=O)([O-])OCC[N+](C)(C)C)OC(=O)CCCCC/C=C\C/C=C\C/C=C\C/C=C\C/C=C\CC. The molecule has 0 aromatic carbocycles. The fourth-order valence-corrected chi connectivity index (χ4v) is 6.30. The van der Waals surface area contributed by atoms with Crippen molar-refractivity contribution in [1.29, 1.82) is 0 Å². The number of nitrogens with zero attached hydrogens (tertiary/aromatic N) is 1. The second-order valence-electron chi connectivity index (χ2n) is 16.3. The van der Waals surface area contributed by atoms with Gasteiger partial charge in [-0.3, -0.25) is 9.36 Å². The van der Waals surface area contributed by atoms with Crippen LogP contribution in [0.1, 0.15) is 142 Å². The first kappa shape index (κ1) is 59.6. The van der Waals surface area contributed by atoms with E-state index in [0.29, 0.717) is 24.1 Å². The van der Waals surface area contributed by atoms with Gasteiger partial charge in [-0.2, -0.15) is 0 Å². The highest BCUT2D eigenvalue weighted by molar-refractivity contribution is 7.45. The molecule has 0 amide bonds. The highest BCUT2D eigenvalue weighted by Crippen LogP contribution is 2.38. The van der Waals surface area contributed by atoms with Gasteiger partial charge in [0.2, 0.25) is 0 Å². The molecule has 0 aromatic heterocycles. The number of ether oxygens (including phenoxy) is 2. The Bertz CT molecular complexity index is 1460. The number of quaternary nitrogens is 1. The van der Waals surface area contributed by atoms with Crippen molar-refractivity contribution in [3.63, 3.8) is 0 Å². The van der Waals surface area contributed by atoms with E-state index in [-0.39, 0.29) is 32.2 Å². The molecule has 0 aliphatic rings. The van der Waals surface area contributed by atoms with E-state index < -0.39 is 13.9 Å². The van der Waals surface area contributed by atoms with E-state index >= 15 is 0 Å². The molecule has 2 unspecified atom stereocenters. The van der Waals surface area contributed by atoms with Gasteiger partial charge in [-0.1, -0.05) is 160 Å². The number of carbonyl (C=O) groups excluding carboxylic acids is 1. The zero-order valence-electron chi connectivity index (χ0n) is 40.2. The fourth-order valence-electron chi connectivity index (χ4n) is 5.57. The number of carbonyl (C=O) groups is 1. The number of esters is 1. The number of phosphoric ester groups is 1. The molecule has 9 heteroatoms. The van der Waals surface area contributed by atoms with Crippen LogP contribution in [-0.4, -0.2) is 70.7 Å².